The fourth-order valence-corrected chi connectivity index (χ4v) is 5.77. The van der Waals surface area contributed by atoms with Crippen LogP contribution in [0.5, 0.6) is 5.75 Å². The van der Waals surface area contributed by atoms with Crippen LogP contribution in [-0.2, 0) is 24.3 Å². The number of hydrogen-bond donors (Lipinski definition) is 0. The number of aryl methyl sites for hydroxylation is 2. The lowest BCUT2D eigenvalue weighted by Gasteiger charge is -2.35. The molecule has 3 heterocycles. The SMILES string of the molecule is CCn1cc(COCCCc2ccc([C@@H]3CCCCN3C(=O)n3cc(-c4ccc(-c5ccc(OC)cc5)cc4)nn3)cc2)nn1. The van der Waals surface area contributed by atoms with Gasteiger partial charge in [0.1, 0.15) is 17.1 Å². The van der Waals surface area contributed by atoms with Gasteiger partial charge in [0, 0.05) is 25.3 Å². The van der Waals surface area contributed by atoms with Crippen LogP contribution in [0.2, 0.25) is 0 Å². The lowest BCUT2D eigenvalue weighted by Crippen LogP contribution is -2.41. The van der Waals surface area contributed by atoms with Crippen LogP contribution in [-0.4, -0.2) is 61.2 Å². The summed E-state index contributed by atoms with van der Waals surface area (Å²) in [7, 11) is 1.66. The molecule has 0 N–H and O–H groups in total. The first kappa shape index (κ1) is 30.2. The van der Waals surface area contributed by atoms with Gasteiger partial charge in [-0.15, -0.1) is 10.2 Å². The molecule has 0 spiro atoms. The van der Waals surface area contributed by atoms with Gasteiger partial charge in [0.25, 0.3) is 0 Å². The minimum atomic E-state index is -0.145. The van der Waals surface area contributed by atoms with Gasteiger partial charge in [-0.1, -0.05) is 71.1 Å². The lowest BCUT2D eigenvalue weighted by atomic mass is 9.94. The molecule has 1 amide bonds. The fraction of sp³-hybridized carbons (Fsp3) is 0.343. The Bertz CT molecular complexity index is 1680. The first-order valence-corrected chi connectivity index (χ1v) is 15.6. The summed E-state index contributed by atoms with van der Waals surface area (Å²) in [6, 6.07) is 24.6. The van der Waals surface area contributed by atoms with E-state index < -0.39 is 0 Å². The normalized spacial score (nSPS) is 14.9. The molecular formula is C35H39N7O3. The molecule has 0 bridgehead atoms. The van der Waals surface area contributed by atoms with Crippen LogP contribution in [0, 0.1) is 0 Å². The number of carbonyl (C=O) groups is 1. The van der Waals surface area contributed by atoms with Crippen LogP contribution in [0.1, 0.15) is 55.5 Å². The van der Waals surface area contributed by atoms with E-state index >= 15 is 0 Å². The van der Waals surface area contributed by atoms with Crippen molar-refractivity contribution in [3.63, 3.8) is 0 Å². The number of piperidine rings is 1. The molecule has 0 saturated carbocycles. The number of likely N-dealkylation sites (tertiary alicyclic amines) is 1. The first-order valence-electron chi connectivity index (χ1n) is 15.6. The predicted octanol–water partition coefficient (Wildman–Crippen LogP) is 6.58. The molecule has 0 unspecified atom stereocenters. The van der Waals surface area contributed by atoms with Crippen molar-refractivity contribution in [2.24, 2.45) is 0 Å². The Morgan fingerprint density at radius 1 is 0.867 bits per heavy atom. The number of rotatable bonds is 11. The summed E-state index contributed by atoms with van der Waals surface area (Å²) in [4.78, 5) is 15.6. The quantitative estimate of drug-likeness (QED) is 0.157. The van der Waals surface area contributed by atoms with Crippen LogP contribution < -0.4 is 4.74 Å². The minimum Gasteiger partial charge on any atom is -0.497 e. The second-order valence-corrected chi connectivity index (χ2v) is 11.3. The molecule has 3 aromatic carbocycles. The van der Waals surface area contributed by atoms with Gasteiger partial charge in [0.15, 0.2) is 0 Å². The van der Waals surface area contributed by atoms with Gasteiger partial charge in [0.2, 0.25) is 0 Å². The molecule has 45 heavy (non-hydrogen) atoms. The Morgan fingerprint density at radius 3 is 2.31 bits per heavy atom. The average Bonchev–Trinajstić information content (AvgIpc) is 3.79. The van der Waals surface area contributed by atoms with E-state index in [1.54, 1.807) is 18.0 Å². The number of carbonyl (C=O) groups excluding carboxylic acids is 1. The lowest BCUT2D eigenvalue weighted by molar-refractivity contribution is 0.116. The van der Waals surface area contributed by atoms with Crippen molar-refractivity contribution in [1.29, 1.82) is 0 Å². The van der Waals surface area contributed by atoms with E-state index in [-0.39, 0.29) is 12.1 Å². The zero-order chi connectivity index (χ0) is 31.0. The van der Waals surface area contributed by atoms with E-state index in [0.29, 0.717) is 25.5 Å². The summed E-state index contributed by atoms with van der Waals surface area (Å²) in [6.45, 7) is 4.68. The topological polar surface area (TPSA) is 100 Å². The van der Waals surface area contributed by atoms with E-state index in [1.165, 1.54) is 10.2 Å². The van der Waals surface area contributed by atoms with Gasteiger partial charge >= 0.3 is 6.03 Å². The molecule has 10 nitrogen and oxygen atoms in total. The monoisotopic (exact) mass is 605 g/mol. The van der Waals surface area contributed by atoms with Gasteiger partial charge in [-0.2, -0.15) is 4.68 Å². The third kappa shape index (κ3) is 7.29. The predicted molar refractivity (Wildman–Crippen MR) is 172 cm³/mol. The van der Waals surface area contributed by atoms with Crippen LogP contribution in [0.15, 0.2) is 85.2 Å². The van der Waals surface area contributed by atoms with Crippen molar-refractivity contribution in [2.45, 2.75) is 58.2 Å². The number of aromatic nitrogens is 6. The molecule has 10 heteroatoms. The molecule has 5 aromatic rings. The highest BCUT2D eigenvalue weighted by Crippen LogP contribution is 2.32. The highest BCUT2D eigenvalue weighted by molar-refractivity contribution is 5.78. The van der Waals surface area contributed by atoms with Gasteiger partial charge in [-0.3, -0.25) is 4.68 Å². The standard InChI is InChI=1S/C35H39N7O3/c1-3-40-23-31(36-38-40)25-45-22-6-7-26-9-11-30(12-10-26)34-8-4-5-21-41(34)35(43)42-24-33(37-39-42)29-15-13-27(14-16-29)28-17-19-32(44-2)20-18-28/h9-20,23-24,34H,3-8,21-22,25H2,1-2H3/t34-/m0/s1. The maximum atomic E-state index is 13.7. The second kappa shape index (κ2) is 14.3. The average molecular weight is 606 g/mol. The summed E-state index contributed by atoms with van der Waals surface area (Å²) in [5, 5.41) is 16.7. The largest absolute Gasteiger partial charge is 0.497 e. The Hall–Kier alpha value is -4.83. The van der Waals surface area contributed by atoms with Gasteiger partial charge in [0.05, 0.1) is 32.2 Å². The summed E-state index contributed by atoms with van der Waals surface area (Å²) in [5.41, 5.74) is 7.03. The Kier molecular flexibility index (Phi) is 9.60. The van der Waals surface area contributed by atoms with Gasteiger partial charge < -0.3 is 14.4 Å². The minimum absolute atomic E-state index is 0.0107. The Morgan fingerprint density at radius 2 is 1.60 bits per heavy atom. The molecule has 0 radical (unpaired) electrons. The summed E-state index contributed by atoms with van der Waals surface area (Å²) in [6.07, 6.45) is 8.49. The van der Waals surface area contributed by atoms with Crippen molar-refractivity contribution in [2.75, 3.05) is 20.3 Å². The molecule has 1 atom stereocenters. The third-order valence-electron chi connectivity index (χ3n) is 8.32. The number of hydrogen-bond acceptors (Lipinski definition) is 7. The van der Waals surface area contributed by atoms with E-state index in [0.717, 1.165) is 72.3 Å². The van der Waals surface area contributed by atoms with Crippen LogP contribution in [0.4, 0.5) is 4.79 Å². The molecular weight excluding hydrogens is 566 g/mol. The van der Waals surface area contributed by atoms with Crippen LogP contribution in [0.3, 0.4) is 0 Å². The molecule has 1 saturated heterocycles. The zero-order valence-corrected chi connectivity index (χ0v) is 25.9. The van der Waals surface area contributed by atoms with Crippen molar-refractivity contribution in [3.8, 4) is 28.1 Å². The number of nitrogens with zero attached hydrogens (tertiary/aromatic N) is 7. The second-order valence-electron chi connectivity index (χ2n) is 11.3. The molecule has 1 aliphatic rings. The number of methoxy groups -OCH3 is 1. The summed E-state index contributed by atoms with van der Waals surface area (Å²) in [5.74, 6) is 0.827. The van der Waals surface area contributed by atoms with Crippen molar-refractivity contribution in [1.82, 2.24) is 34.9 Å². The fourth-order valence-electron chi connectivity index (χ4n) is 5.77. The smallest absolute Gasteiger partial charge is 0.346 e. The van der Waals surface area contributed by atoms with E-state index in [1.807, 2.05) is 54.4 Å². The Balaban J connectivity index is 1.05. The van der Waals surface area contributed by atoms with E-state index in [4.69, 9.17) is 9.47 Å². The summed E-state index contributed by atoms with van der Waals surface area (Å²) < 4.78 is 14.2. The first-order chi connectivity index (χ1) is 22.1. The number of amides is 1. The molecule has 1 aliphatic heterocycles. The van der Waals surface area contributed by atoms with Gasteiger partial charge in [-0.05, 0) is 73.4 Å². The van der Waals surface area contributed by atoms with E-state index in [9.17, 15) is 4.79 Å². The molecule has 232 valence electrons. The van der Waals surface area contributed by atoms with Crippen LogP contribution >= 0.6 is 0 Å². The maximum absolute atomic E-state index is 13.7. The third-order valence-corrected chi connectivity index (χ3v) is 8.32. The highest BCUT2D eigenvalue weighted by Gasteiger charge is 2.29. The zero-order valence-electron chi connectivity index (χ0n) is 25.9. The molecule has 2 aromatic heterocycles. The highest BCUT2D eigenvalue weighted by atomic mass is 16.5. The molecule has 6 rings (SSSR count). The molecule has 0 aliphatic carbocycles. The van der Waals surface area contributed by atoms with Gasteiger partial charge in [-0.25, -0.2) is 4.79 Å². The summed E-state index contributed by atoms with van der Waals surface area (Å²) >= 11 is 0. The van der Waals surface area contributed by atoms with E-state index in [2.05, 4.69) is 57.0 Å². The maximum Gasteiger partial charge on any atom is 0.346 e. The molecule has 1 fully saturated rings. The number of ether oxygens (including phenoxy) is 2. The van der Waals surface area contributed by atoms with Crippen LogP contribution in [0.25, 0.3) is 22.4 Å². The Labute approximate surface area is 263 Å². The number of benzene rings is 3. The van der Waals surface area contributed by atoms with Crippen molar-refractivity contribution < 1.29 is 14.3 Å². The van der Waals surface area contributed by atoms with Crippen molar-refractivity contribution in [3.05, 3.63) is 102 Å². The van der Waals surface area contributed by atoms with Crippen molar-refractivity contribution >= 4 is 6.03 Å².